The maximum absolute atomic E-state index is 13.9. The van der Waals surface area contributed by atoms with Crippen molar-refractivity contribution >= 4 is 28.4 Å². The van der Waals surface area contributed by atoms with Gasteiger partial charge in [-0.15, -0.1) is 0 Å². The van der Waals surface area contributed by atoms with E-state index in [1.165, 1.54) is 4.57 Å². The van der Waals surface area contributed by atoms with Gasteiger partial charge in [-0.25, -0.2) is 4.98 Å². The number of hydrogen-bond donors (Lipinski definition) is 1. The summed E-state index contributed by atoms with van der Waals surface area (Å²) in [6, 6.07) is 17.3. The van der Waals surface area contributed by atoms with Crippen LogP contribution in [-0.4, -0.2) is 51.6 Å². The van der Waals surface area contributed by atoms with Crippen LogP contribution in [0.2, 0.25) is 0 Å². The number of aromatic nitrogens is 2. The van der Waals surface area contributed by atoms with Crippen molar-refractivity contribution in [3.05, 3.63) is 100 Å². The molecule has 3 aromatic carbocycles. The fraction of sp³-hybridized carbons (Fsp3) is 0.286. The summed E-state index contributed by atoms with van der Waals surface area (Å²) in [7, 11) is 0. The van der Waals surface area contributed by atoms with Gasteiger partial charge >= 0.3 is 12.4 Å². The molecule has 0 bridgehead atoms. The molecule has 0 unspecified atom stereocenters. The summed E-state index contributed by atoms with van der Waals surface area (Å²) in [5, 5.41) is 10.0. The lowest BCUT2D eigenvalue weighted by molar-refractivity contribution is -0.376. The van der Waals surface area contributed by atoms with Crippen LogP contribution in [0, 0.1) is 0 Å². The van der Waals surface area contributed by atoms with Gasteiger partial charge in [0, 0.05) is 42.3 Å². The van der Waals surface area contributed by atoms with Crippen molar-refractivity contribution in [1.82, 2.24) is 9.55 Å². The maximum Gasteiger partial charge on any atom is 0.430 e. The molecule has 12 heteroatoms. The Balaban J connectivity index is 1.66. The molecule has 210 valence electrons. The van der Waals surface area contributed by atoms with Crippen LogP contribution in [0.15, 0.2) is 77.6 Å². The predicted molar refractivity (Wildman–Crippen MR) is 142 cm³/mol. The maximum atomic E-state index is 13.9. The van der Waals surface area contributed by atoms with E-state index in [4.69, 9.17) is 0 Å². The molecule has 0 saturated carbocycles. The number of aliphatic hydroxyl groups is 1. The first kappa shape index (κ1) is 28.0. The number of halogens is 6. The fourth-order valence-corrected chi connectivity index (χ4v) is 5.64. The van der Waals surface area contributed by atoms with Gasteiger partial charge in [-0.2, -0.15) is 38.1 Å². The van der Waals surface area contributed by atoms with Gasteiger partial charge in [0.25, 0.3) is 11.2 Å². The first-order chi connectivity index (χ1) is 18.9. The number of anilines is 1. The Kier molecular flexibility index (Phi) is 7.34. The molecule has 1 aromatic heterocycles. The Morgan fingerprint density at radius 1 is 0.825 bits per heavy atom. The molecule has 0 radical (unpaired) electrons. The third-order valence-electron chi connectivity index (χ3n) is 6.87. The van der Waals surface area contributed by atoms with Crippen LogP contribution in [0.5, 0.6) is 0 Å². The van der Waals surface area contributed by atoms with Crippen LogP contribution in [0.3, 0.4) is 0 Å². The zero-order valence-electron chi connectivity index (χ0n) is 20.8. The zero-order chi connectivity index (χ0) is 28.7. The fourth-order valence-electron chi connectivity index (χ4n) is 4.74. The van der Waals surface area contributed by atoms with E-state index in [2.05, 4.69) is 9.88 Å². The van der Waals surface area contributed by atoms with Crippen LogP contribution in [-0.2, 0) is 12.0 Å². The Morgan fingerprint density at radius 3 is 2.02 bits per heavy atom. The van der Waals surface area contributed by atoms with Crippen LogP contribution >= 0.6 is 11.8 Å². The number of benzene rings is 3. The quantitative estimate of drug-likeness (QED) is 0.301. The molecule has 2 heterocycles. The van der Waals surface area contributed by atoms with Crippen LogP contribution < -0.4 is 10.5 Å². The Hall–Kier alpha value is -3.51. The topological polar surface area (TPSA) is 58.4 Å². The second-order valence-electron chi connectivity index (χ2n) is 9.38. The second-order valence-corrected chi connectivity index (χ2v) is 10.6. The SMILES string of the molecule is O=c1c2cc(N3CCSCC3)ccc2nc(Cc2ccccc2)n1-c1ccc(C(O)(C(F)(F)F)C(F)(F)F)cc1. The molecule has 5 nitrogen and oxygen atoms in total. The predicted octanol–water partition coefficient (Wildman–Crippen LogP) is 5.84. The van der Waals surface area contributed by atoms with E-state index in [0.717, 1.165) is 48.0 Å². The third kappa shape index (κ3) is 5.05. The van der Waals surface area contributed by atoms with Crippen LogP contribution in [0.25, 0.3) is 16.6 Å². The monoisotopic (exact) mass is 579 g/mol. The van der Waals surface area contributed by atoms with Crippen LogP contribution in [0.1, 0.15) is 17.0 Å². The first-order valence-electron chi connectivity index (χ1n) is 12.3. The summed E-state index contributed by atoms with van der Waals surface area (Å²) in [6.45, 7) is 1.60. The lowest BCUT2D eigenvalue weighted by Gasteiger charge is -2.32. The standard InChI is InChI=1S/C28H23F6N3O2S/c29-27(30,31)26(39,28(32,33)34)19-6-8-20(9-7-19)37-24(16-18-4-2-1-3-5-18)35-23-11-10-21(17-22(23)25(37)38)36-12-14-40-15-13-36/h1-11,17,39H,12-16H2. The first-order valence-corrected chi connectivity index (χ1v) is 13.4. The van der Waals surface area contributed by atoms with E-state index in [1.807, 2.05) is 36.0 Å². The summed E-state index contributed by atoms with van der Waals surface area (Å²) < 4.78 is 81.6. The molecule has 1 aliphatic heterocycles. The highest BCUT2D eigenvalue weighted by atomic mass is 32.2. The molecule has 5 rings (SSSR count). The summed E-state index contributed by atoms with van der Waals surface area (Å²) in [5.74, 6) is 2.12. The van der Waals surface area contributed by atoms with Crippen molar-refractivity contribution in [1.29, 1.82) is 0 Å². The van der Waals surface area contributed by atoms with E-state index >= 15 is 0 Å². The van der Waals surface area contributed by atoms with Gasteiger partial charge in [0.1, 0.15) is 5.82 Å². The minimum absolute atomic E-state index is 0.0144. The van der Waals surface area contributed by atoms with Crippen molar-refractivity contribution < 1.29 is 31.4 Å². The molecule has 1 fully saturated rings. The number of rotatable bonds is 5. The molecule has 0 aliphatic carbocycles. The van der Waals surface area contributed by atoms with Gasteiger partial charge in [0.2, 0.25) is 0 Å². The van der Waals surface area contributed by atoms with Gasteiger partial charge in [0.15, 0.2) is 0 Å². The van der Waals surface area contributed by atoms with E-state index in [0.29, 0.717) is 17.6 Å². The normalized spacial score (nSPS) is 15.0. The molecule has 1 N–H and O–H groups in total. The van der Waals surface area contributed by atoms with Crippen molar-refractivity contribution in [2.45, 2.75) is 24.4 Å². The average molecular weight is 580 g/mol. The molecular formula is C28H23F6N3O2S. The highest BCUT2D eigenvalue weighted by Crippen LogP contribution is 2.50. The summed E-state index contributed by atoms with van der Waals surface area (Å²) in [6.07, 6.45) is -11.9. The molecular weight excluding hydrogens is 556 g/mol. The van der Waals surface area contributed by atoms with Gasteiger partial charge < -0.3 is 10.0 Å². The minimum Gasteiger partial charge on any atom is -0.370 e. The Bertz CT molecular complexity index is 1550. The lowest BCUT2D eigenvalue weighted by atomic mass is 9.92. The number of alkyl halides is 6. The van der Waals surface area contributed by atoms with Crippen molar-refractivity contribution in [2.24, 2.45) is 0 Å². The molecule has 0 spiro atoms. The van der Waals surface area contributed by atoms with Crippen molar-refractivity contribution in [3.63, 3.8) is 0 Å². The summed E-state index contributed by atoms with van der Waals surface area (Å²) in [4.78, 5) is 20.7. The Labute approximate surface area is 229 Å². The molecule has 1 saturated heterocycles. The van der Waals surface area contributed by atoms with Crippen LogP contribution in [0.4, 0.5) is 32.0 Å². The van der Waals surface area contributed by atoms with E-state index in [1.54, 1.807) is 24.3 Å². The number of nitrogens with zero attached hydrogens (tertiary/aromatic N) is 3. The molecule has 1 aliphatic rings. The molecule has 40 heavy (non-hydrogen) atoms. The van der Waals surface area contributed by atoms with Gasteiger partial charge in [0.05, 0.1) is 16.6 Å². The summed E-state index contributed by atoms with van der Waals surface area (Å²) in [5.41, 5.74) is -4.94. The van der Waals surface area contributed by atoms with Gasteiger partial charge in [-0.3, -0.25) is 9.36 Å². The molecule has 4 aromatic rings. The lowest BCUT2D eigenvalue weighted by Crippen LogP contribution is -2.53. The second kappa shape index (κ2) is 10.5. The number of hydrogen-bond acceptors (Lipinski definition) is 5. The number of fused-ring (bicyclic) bond motifs is 1. The van der Waals surface area contributed by atoms with E-state index < -0.39 is 29.1 Å². The van der Waals surface area contributed by atoms with E-state index in [-0.39, 0.29) is 23.3 Å². The van der Waals surface area contributed by atoms with Crippen molar-refractivity contribution in [2.75, 3.05) is 29.5 Å². The highest BCUT2D eigenvalue weighted by Gasteiger charge is 2.71. The average Bonchev–Trinajstić information content (AvgIpc) is 2.93. The van der Waals surface area contributed by atoms with Gasteiger partial charge in [-0.05, 0) is 35.9 Å². The van der Waals surface area contributed by atoms with E-state index in [9.17, 15) is 36.2 Å². The number of thioether (sulfide) groups is 1. The Morgan fingerprint density at radius 2 is 1.43 bits per heavy atom. The third-order valence-corrected chi connectivity index (χ3v) is 7.81. The largest absolute Gasteiger partial charge is 0.430 e. The molecule has 0 atom stereocenters. The smallest absolute Gasteiger partial charge is 0.370 e. The minimum atomic E-state index is -6.02. The molecule has 0 amide bonds. The summed E-state index contributed by atoms with van der Waals surface area (Å²) >= 11 is 1.83. The highest BCUT2D eigenvalue weighted by molar-refractivity contribution is 7.99. The van der Waals surface area contributed by atoms with Crippen molar-refractivity contribution in [3.8, 4) is 5.69 Å². The van der Waals surface area contributed by atoms with Gasteiger partial charge in [-0.1, -0.05) is 42.5 Å². The zero-order valence-corrected chi connectivity index (χ0v) is 21.7.